The molecule has 1 heterocycles. The van der Waals surface area contributed by atoms with Gasteiger partial charge in [-0.2, -0.15) is 0 Å². The van der Waals surface area contributed by atoms with E-state index in [0.29, 0.717) is 25.6 Å². The van der Waals surface area contributed by atoms with Gasteiger partial charge in [-0.05, 0) is 105 Å². The number of rotatable bonds is 9. The van der Waals surface area contributed by atoms with Gasteiger partial charge in [-0.1, -0.05) is 36.4 Å². The third-order valence-electron chi connectivity index (χ3n) is 7.28. The van der Waals surface area contributed by atoms with E-state index >= 15 is 0 Å². The van der Waals surface area contributed by atoms with Gasteiger partial charge >= 0.3 is 0 Å². The zero-order valence-electron chi connectivity index (χ0n) is 21.3. The maximum absolute atomic E-state index is 10.7. The predicted molar refractivity (Wildman–Crippen MR) is 144 cm³/mol. The molecule has 1 fully saturated rings. The van der Waals surface area contributed by atoms with E-state index in [2.05, 4.69) is 61.3 Å². The molecule has 3 aromatic carbocycles. The summed E-state index contributed by atoms with van der Waals surface area (Å²) in [5.41, 5.74) is 13.3. The molecule has 0 amide bonds. The van der Waals surface area contributed by atoms with Crippen molar-refractivity contribution in [2.75, 3.05) is 31.5 Å². The molecule has 1 unspecified atom stereocenters. The molecule has 3 aromatic rings. The average Bonchev–Trinajstić information content (AvgIpc) is 2.87. The number of nitrogens with zero attached hydrogens (tertiary/aromatic N) is 1. The molecule has 5 heteroatoms. The lowest BCUT2D eigenvalue weighted by Crippen LogP contribution is -2.40. The Morgan fingerprint density at radius 3 is 2.29 bits per heavy atom. The third-order valence-corrected chi connectivity index (χ3v) is 7.28. The molecule has 4 N–H and O–H groups in total. The van der Waals surface area contributed by atoms with Gasteiger partial charge in [0, 0.05) is 25.3 Å². The summed E-state index contributed by atoms with van der Waals surface area (Å²) in [5.74, 6) is 2.27. The molecule has 5 nitrogen and oxygen atoms in total. The highest BCUT2D eigenvalue weighted by Crippen LogP contribution is 2.31. The fourth-order valence-electron chi connectivity index (χ4n) is 5.11. The van der Waals surface area contributed by atoms with Crippen molar-refractivity contribution >= 4 is 5.69 Å². The van der Waals surface area contributed by atoms with Crippen molar-refractivity contribution < 1.29 is 9.84 Å². The molecule has 0 bridgehead atoms. The van der Waals surface area contributed by atoms with Crippen LogP contribution in [0.1, 0.15) is 46.6 Å². The van der Waals surface area contributed by atoms with Crippen LogP contribution in [0.3, 0.4) is 0 Å². The molecule has 1 aliphatic heterocycles. The smallest absolute Gasteiger partial charge is 0.127 e. The summed E-state index contributed by atoms with van der Waals surface area (Å²) in [5, 5.41) is 14.2. The summed E-state index contributed by atoms with van der Waals surface area (Å²) < 4.78 is 5.92. The molecule has 1 aliphatic rings. The number of hydrogen-bond acceptors (Lipinski definition) is 5. The number of likely N-dealkylation sites (tertiary alicyclic amines) is 1. The molecule has 0 radical (unpaired) electrons. The van der Waals surface area contributed by atoms with E-state index in [4.69, 9.17) is 10.5 Å². The van der Waals surface area contributed by atoms with E-state index in [-0.39, 0.29) is 0 Å². The number of aliphatic hydroxyl groups is 1. The molecular weight excluding hydrogens is 434 g/mol. The second-order valence-corrected chi connectivity index (χ2v) is 9.79. The van der Waals surface area contributed by atoms with Crippen LogP contribution in [0.2, 0.25) is 0 Å². The average molecular weight is 474 g/mol. The van der Waals surface area contributed by atoms with Gasteiger partial charge in [0.1, 0.15) is 11.5 Å². The quantitative estimate of drug-likeness (QED) is 0.382. The second kappa shape index (κ2) is 11.7. The molecule has 35 heavy (non-hydrogen) atoms. The van der Waals surface area contributed by atoms with Crippen molar-refractivity contribution in [3.05, 3.63) is 88.5 Å². The largest absolute Gasteiger partial charge is 0.457 e. The molecular formula is C30H39N3O2. The number of aliphatic hydroxyl groups excluding tert-OH is 1. The third kappa shape index (κ3) is 6.43. The predicted octanol–water partition coefficient (Wildman–Crippen LogP) is 5.52. The first-order valence-electron chi connectivity index (χ1n) is 12.7. The number of piperidine rings is 1. The van der Waals surface area contributed by atoms with Crippen LogP contribution < -0.4 is 15.8 Å². The van der Waals surface area contributed by atoms with Crippen molar-refractivity contribution in [3.8, 4) is 11.5 Å². The minimum Gasteiger partial charge on any atom is -0.457 e. The highest BCUT2D eigenvalue weighted by molar-refractivity contribution is 5.62. The zero-order chi connectivity index (χ0) is 24.8. The Kier molecular flexibility index (Phi) is 8.45. The molecule has 1 atom stereocenters. The van der Waals surface area contributed by atoms with Crippen LogP contribution in [0.15, 0.2) is 60.7 Å². The maximum Gasteiger partial charge on any atom is 0.127 e. The first-order valence-corrected chi connectivity index (χ1v) is 12.7. The number of benzene rings is 3. The van der Waals surface area contributed by atoms with Crippen LogP contribution in [0, 0.1) is 20.8 Å². The van der Waals surface area contributed by atoms with E-state index in [0.717, 1.165) is 48.7 Å². The molecule has 186 valence electrons. The highest BCUT2D eigenvalue weighted by atomic mass is 16.5. The summed E-state index contributed by atoms with van der Waals surface area (Å²) >= 11 is 0. The van der Waals surface area contributed by atoms with E-state index in [1.807, 2.05) is 30.3 Å². The van der Waals surface area contributed by atoms with Crippen LogP contribution in [0.5, 0.6) is 11.5 Å². The number of β-amino-alcohol motifs (C(OH)–C–C–N with tert-alkyl or cyclic N) is 1. The Labute approximate surface area is 209 Å². The highest BCUT2D eigenvalue weighted by Gasteiger charge is 2.22. The number of ether oxygens (including phenoxy) is 1. The SMILES string of the molecule is Cc1cc(C)c(CN)c(NCC(O)CN2CCC(c3ccc(Oc4ccccc4)cc3)CC2)c1C. The number of nitrogens with one attached hydrogen (secondary N) is 1. The molecule has 4 rings (SSSR count). The van der Waals surface area contributed by atoms with E-state index in [9.17, 15) is 5.11 Å². The Bertz CT molecular complexity index is 1090. The maximum atomic E-state index is 10.7. The van der Waals surface area contributed by atoms with Gasteiger partial charge < -0.3 is 25.8 Å². The lowest BCUT2D eigenvalue weighted by atomic mass is 9.89. The van der Waals surface area contributed by atoms with E-state index < -0.39 is 6.10 Å². The number of nitrogens with two attached hydrogens (primary N) is 1. The molecule has 0 spiro atoms. The fraction of sp³-hybridized carbons (Fsp3) is 0.400. The Morgan fingerprint density at radius 1 is 0.971 bits per heavy atom. The van der Waals surface area contributed by atoms with Gasteiger partial charge in [0.15, 0.2) is 0 Å². The van der Waals surface area contributed by atoms with E-state index in [1.165, 1.54) is 22.3 Å². The number of hydrogen-bond donors (Lipinski definition) is 3. The minimum atomic E-state index is -0.424. The summed E-state index contributed by atoms with van der Waals surface area (Å²) in [6.45, 7) is 10.1. The van der Waals surface area contributed by atoms with Gasteiger partial charge in [-0.25, -0.2) is 0 Å². The summed E-state index contributed by atoms with van der Waals surface area (Å²) in [6, 6.07) is 20.6. The number of anilines is 1. The summed E-state index contributed by atoms with van der Waals surface area (Å²) in [6.07, 6.45) is 1.78. The van der Waals surface area contributed by atoms with Gasteiger partial charge in [-0.3, -0.25) is 0 Å². The van der Waals surface area contributed by atoms with Crippen LogP contribution >= 0.6 is 0 Å². The van der Waals surface area contributed by atoms with Gasteiger partial charge in [0.2, 0.25) is 0 Å². The first-order chi connectivity index (χ1) is 16.9. The lowest BCUT2D eigenvalue weighted by Gasteiger charge is -2.33. The van der Waals surface area contributed by atoms with Crippen LogP contribution in [-0.2, 0) is 6.54 Å². The molecule has 0 aromatic heterocycles. The molecule has 0 saturated carbocycles. The van der Waals surface area contributed by atoms with Crippen molar-refractivity contribution in [3.63, 3.8) is 0 Å². The zero-order valence-corrected chi connectivity index (χ0v) is 21.3. The van der Waals surface area contributed by atoms with Crippen LogP contribution in [0.4, 0.5) is 5.69 Å². The monoisotopic (exact) mass is 473 g/mol. The van der Waals surface area contributed by atoms with Crippen LogP contribution in [-0.4, -0.2) is 42.3 Å². The van der Waals surface area contributed by atoms with Crippen molar-refractivity contribution in [2.24, 2.45) is 5.73 Å². The topological polar surface area (TPSA) is 70.8 Å². The van der Waals surface area contributed by atoms with Crippen LogP contribution in [0.25, 0.3) is 0 Å². The van der Waals surface area contributed by atoms with Gasteiger partial charge in [0.25, 0.3) is 0 Å². The summed E-state index contributed by atoms with van der Waals surface area (Å²) in [4.78, 5) is 2.38. The number of para-hydroxylation sites is 1. The fourth-order valence-corrected chi connectivity index (χ4v) is 5.11. The molecule has 1 saturated heterocycles. The van der Waals surface area contributed by atoms with Crippen molar-refractivity contribution in [2.45, 2.75) is 52.2 Å². The second-order valence-electron chi connectivity index (χ2n) is 9.79. The Balaban J connectivity index is 1.25. The Morgan fingerprint density at radius 2 is 1.63 bits per heavy atom. The standard InChI is InChI=1S/C30H39N3O2/c1-21-17-22(2)29(18-31)30(23(21)3)32-19-26(34)20-33-15-13-25(14-16-33)24-9-11-28(12-10-24)35-27-7-5-4-6-8-27/h4-12,17,25-26,32,34H,13-16,18-20,31H2,1-3H3. The van der Waals surface area contributed by atoms with Crippen molar-refractivity contribution in [1.29, 1.82) is 0 Å². The van der Waals surface area contributed by atoms with Gasteiger partial charge in [0.05, 0.1) is 6.10 Å². The Hall–Kier alpha value is -2.86. The summed E-state index contributed by atoms with van der Waals surface area (Å²) in [7, 11) is 0. The number of aryl methyl sites for hydroxylation is 2. The lowest BCUT2D eigenvalue weighted by molar-refractivity contribution is 0.105. The molecule has 0 aliphatic carbocycles. The van der Waals surface area contributed by atoms with Crippen molar-refractivity contribution in [1.82, 2.24) is 4.90 Å². The normalized spacial score (nSPS) is 15.7. The minimum absolute atomic E-state index is 0.424. The van der Waals surface area contributed by atoms with E-state index in [1.54, 1.807) is 0 Å². The van der Waals surface area contributed by atoms with Gasteiger partial charge in [-0.15, -0.1) is 0 Å². The first kappa shape index (κ1) is 25.2.